The van der Waals surface area contributed by atoms with Crippen LogP contribution in [0.2, 0.25) is 0 Å². The Morgan fingerprint density at radius 1 is 0.385 bits per heavy atom. The topological polar surface area (TPSA) is 0 Å². The van der Waals surface area contributed by atoms with Crippen molar-refractivity contribution in [2.45, 2.75) is 130 Å². The molecule has 0 unspecified atom stereocenters. The average Bonchev–Trinajstić information content (AvgIpc) is 2.62. The van der Waals surface area contributed by atoms with E-state index in [1.165, 1.54) is 127 Å². The molecule has 26 heavy (non-hydrogen) atoms. The molecule has 0 spiro atoms. The van der Waals surface area contributed by atoms with Crippen molar-refractivity contribution in [1.82, 2.24) is 0 Å². The Morgan fingerprint density at radius 3 is 0.962 bits per heavy atom. The summed E-state index contributed by atoms with van der Waals surface area (Å²) in [6.07, 6.45) is 27.7. The Morgan fingerprint density at radius 2 is 0.615 bits per heavy atom. The minimum atomic E-state index is -2.00. The first kappa shape index (κ1) is 26.7. The zero-order valence-electron chi connectivity index (χ0n) is 19.0. The van der Waals surface area contributed by atoms with Gasteiger partial charge in [0.25, 0.3) is 0 Å². The van der Waals surface area contributed by atoms with Gasteiger partial charge >= 0.3 is 172 Å². The van der Waals surface area contributed by atoms with E-state index in [9.17, 15) is 0 Å². The summed E-state index contributed by atoms with van der Waals surface area (Å²) in [5.74, 6) is -2.00. The molecule has 0 heterocycles. The van der Waals surface area contributed by atoms with Gasteiger partial charge in [0.05, 0.1) is 0 Å². The van der Waals surface area contributed by atoms with Crippen molar-refractivity contribution in [2.75, 3.05) is 24.6 Å². The number of rotatable bonds is 20. The predicted octanol–water partition coefficient (Wildman–Crippen LogP) is 10.0. The second kappa shape index (κ2) is 16.7. The summed E-state index contributed by atoms with van der Waals surface area (Å²) in [7, 11) is 0. The molecule has 0 rings (SSSR count). The van der Waals surface area contributed by atoms with Crippen LogP contribution in [0.25, 0.3) is 0 Å². The standard InChI is InChI=1S/C24H52ClP/c1-5-9-13-14-15-16-20-24-26(25,21-17-10-6-2,22-18-11-7-3)23-19-12-8-4/h5-24H2,1-4H3. The zero-order chi connectivity index (χ0) is 19.6. The van der Waals surface area contributed by atoms with Gasteiger partial charge < -0.3 is 0 Å². The fraction of sp³-hybridized carbons (Fsp3) is 1.00. The minimum absolute atomic E-state index is 1.32. The molecule has 0 saturated heterocycles. The van der Waals surface area contributed by atoms with Crippen molar-refractivity contribution in [3.8, 4) is 0 Å². The maximum atomic E-state index is 7.80. The van der Waals surface area contributed by atoms with Crippen molar-refractivity contribution in [3.63, 3.8) is 0 Å². The van der Waals surface area contributed by atoms with E-state index in [-0.39, 0.29) is 0 Å². The third-order valence-corrected chi connectivity index (χ3v) is 14.0. The SMILES string of the molecule is CCCCCCCCCP(Cl)(CCCCC)(CCCCC)CCCCC. The van der Waals surface area contributed by atoms with Gasteiger partial charge in [-0.15, -0.1) is 0 Å². The van der Waals surface area contributed by atoms with E-state index < -0.39 is 5.96 Å². The average molecular weight is 407 g/mol. The normalized spacial score (nSPS) is 13.7. The number of halogens is 1. The molecule has 0 aliphatic heterocycles. The Labute approximate surface area is 172 Å². The van der Waals surface area contributed by atoms with E-state index in [0.29, 0.717) is 0 Å². The summed E-state index contributed by atoms with van der Waals surface area (Å²) >= 11 is 7.80. The van der Waals surface area contributed by atoms with Crippen molar-refractivity contribution in [3.05, 3.63) is 0 Å². The van der Waals surface area contributed by atoms with Crippen LogP contribution in [0.5, 0.6) is 0 Å². The van der Waals surface area contributed by atoms with Crippen LogP contribution >= 0.6 is 17.2 Å². The van der Waals surface area contributed by atoms with Crippen molar-refractivity contribution >= 4 is 17.2 Å². The molecule has 0 amide bonds. The van der Waals surface area contributed by atoms with Crippen LogP contribution in [-0.4, -0.2) is 24.6 Å². The van der Waals surface area contributed by atoms with Gasteiger partial charge in [-0.3, -0.25) is 0 Å². The Bertz CT molecular complexity index is 273. The second-order valence-electron chi connectivity index (χ2n) is 8.96. The Balaban J connectivity index is 4.74. The molecule has 0 radical (unpaired) electrons. The van der Waals surface area contributed by atoms with Crippen LogP contribution in [0, 0.1) is 0 Å². The predicted molar refractivity (Wildman–Crippen MR) is 129 cm³/mol. The van der Waals surface area contributed by atoms with Crippen LogP contribution in [0.15, 0.2) is 0 Å². The van der Waals surface area contributed by atoms with E-state index in [0.717, 1.165) is 0 Å². The summed E-state index contributed by atoms with van der Waals surface area (Å²) < 4.78 is 0. The Hall–Kier alpha value is 0.720. The zero-order valence-corrected chi connectivity index (χ0v) is 20.6. The molecular formula is C24H52ClP. The quantitative estimate of drug-likeness (QED) is 0.139. The first-order valence-corrected chi connectivity index (χ1v) is 16.1. The van der Waals surface area contributed by atoms with E-state index in [1.807, 2.05) is 0 Å². The molecule has 0 bridgehead atoms. The molecule has 0 aliphatic carbocycles. The van der Waals surface area contributed by atoms with Gasteiger partial charge in [-0.2, -0.15) is 0 Å². The van der Waals surface area contributed by atoms with Crippen LogP contribution < -0.4 is 0 Å². The van der Waals surface area contributed by atoms with Crippen LogP contribution in [-0.2, 0) is 0 Å². The number of hydrogen-bond acceptors (Lipinski definition) is 0. The summed E-state index contributed by atoms with van der Waals surface area (Å²) in [6, 6.07) is 0. The monoisotopic (exact) mass is 406 g/mol. The molecular weight excluding hydrogens is 355 g/mol. The van der Waals surface area contributed by atoms with Gasteiger partial charge in [-0.1, -0.05) is 0 Å². The number of unbranched alkanes of at least 4 members (excludes halogenated alkanes) is 12. The fourth-order valence-electron chi connectivity index (χ4n) is 4.41. The molecule has 0 nitrogen and oxygen atoms in total. The van der Waals surface area contributed by atoms with E-state index in [2.05, 4.69) is 27.7 Å². The van der Waals surface area contributed by atoms with Crippen LogP contribution in [0.1, 0.15) is 130 Å². The summed E-state index contributed by atoms with van der Waals surface area (Å²) in [6.45, 7) is 9.29. The maximum absolute atomic E-state index is 7.80. The molecule has 2 heteroatoms. The summed E-state index contributed by atoms with van der Waals surface area (Å²) in [5, 5.41) is 0. The number of hydrogen-bond donors (Lipinski definition) is 0. The molecule has 0 aromatic carbocycles. The molecule has 0 aromatic heterocycles. The molecule has 160 valence electrons. The van der Waals surface area contributed by atoms with Crippen LogP contribution in [0.4, 0.5) is 0 Å². The molecule has 0 N–H and O–H groups in total. The van der Waals surface area contributed by atoms with Crippen molar-refractivity contribution in [1.29, 1.82) is 0 Å². The third kappa shape index (κ3) is 13.0. The van der Waals surface area contributed by atoms with Gasteiger partial charge in [-0.05, 0) is 0 Å². The van der Waals surface area contributed by atoms with E-state index >= 15 is 0 Å². The van der Waals surface area contributed by atoms with Gasteiger partial charge in [0.15, 0.2) is 0 Å². The first-order valence-electron chi connectivity index (χ1n) is 12.3. The van der Waals surface area contributed by atoms with Gasteiger partial charge in [-0.25, -0.2) is 0 Å². The van der Waals surface area contributed by atoms with Crippen molar-refractivity contribution < 1.29 is 0 Å². The second-order valence-corrected chi connectivity index (χ2v) is 17.3. The van der Waals surface area contributed by atoms with E-state index in [1.54, 1.807) is 0 Å². The molecule has 0 saturated carbocycles. The molecule has 0 aliphatic rings. The molecule has 0 atom stereocenters. The van der Waals surface area contributed by atoms with Crippen molar-refractivity contribution in [2.24, 2.45) is 0 Å². The van der Waals surface area contributed by atoms with Gasteiger partial charge in [0.2, 0.25) is 0 Å². The first-order chi connectivity index (χ1) is 12.5. The van der Waals surface area contributed by atoms with Gasteiger partial charge in [0.1, 0.15) is 0 Å². The molecule has 0 aromatic rings. The fourth-order valence-corrected chi connectivity index (χ4v) is 11.2. The van der Waals surface area contributed by atoms with Crippen LogP contribution in [0.3, 0.4) is 0 Å². The Kier molecular flexibility index (Phi) is 17.1. The van der Waals surface area contributed by atoms with E-state index in [4.69, 9.17) is 11.2 Å². The van der Waals surface area contributed by atoms with Gasteiger partial charge in [0, 0.05) is 0 Å². The summed E-state index contributed by atoms with van der Waals surface area (Å²) in [5.41, 5.74) is 0. The summed E-state index contributed by atoms with van der Waals surface area (Å²) in [4.78, 5) is 0. The molecule has 0 fully saturated rings. The third-order valence-electron chi connectivity index (χ3n) is 6.28.